The minimum absolute atomic E-state index is 0.0459. The number of benzene rings is 1. The number of nitrogens with one attached hydrogen (secondary N) is 2. The molecule has 3 aliphatic rings. The van der Waals surface area contributed by atoms with Crippen molar-refractivity contribution in [3.8, 4) is 0 Å². The summed E-state index contributed by atoms with van der Waals surface area (Å²) in [7, 11) is 0. The number of para-hydroxylation sites is 1. The van der Waals surface area contributed by atoms with E-state index in [0.29, 0.717) is 18.3 Å². The Balaban J connectivity index is 1.33. The van der Waals surface area contributed by atoms with E-state index in [-0.39, 0.29) is 29.2 Å². The minimum Gasteiger partial charge on any atom is -0.353 e. The van der Waals surface area contributed by atoms with E-state index in [0.717, 1.165) is 24.4 Å². The highest BCUT2D eigenvalue weighted by Crippen LogP contribution is 2.65. The van der Waals surface area contributed by atoms with Crippen LogP contribution in [0.15, 0.2) is 24.3 Å². The zero-order valence-electron chi connectivity index (χ0n) is 16.1. The van der Waals surface area contributed by atoms with Crippen molar-refractivity contribution in [2.75, 3.05) is 5.32 Å². The van der Waals surface area contributed by atoms with Crippen LogP contribution in [0.4, 0.5) is 5.69 Å². The summed E-state index contributed by atoms with van der Waals surface area (Å²) in [6, 6.07) is 8.21. The van der Waals surface area contributed by atoms with Crippen LogP contribution in [0.1, 0.15) is 58.4 Å². The first-order chi connectivity index (χ1) is 12.3. The van der Waals surface area contributed by atoms with Gasteiger partial charge in [-0.15, -0.1) is 0 Å². The molecule has 0 saturated heterocycles. The van der Waals surface area contributed by atoms with Gasteiger partial charge < -0.3 is 10.6 Å². The summed E-state index contributed by atoms with van der Waals surface area (Å²) in [6.07, 6.45) is 5.37. The van der Waals surface area contributed by atoms with Gasteiger partial charge in [0.25, 0.3) is 0 Å². The van der Waals surface area contributed by atoms with Crippen LogP contribution in [0.3, 0.4) is 0 Å². The molecule has 1 heterocycles. The Kier molecular flexibility index (Phi) is 4.13. The summed E-state index contributed by atoms with van der Waals surface area (Å²) < 4.78 is 0. The number of amides is 2. The Hall–Kier alpha value is -1.84. The Morgan fingerprint density at radius 1 is 1.27 bits per heavy atom. The smallest absolute Gasteiger partial charge is 0.227 e. The van der Waals surface area contributed by atoms with Crippen molar-refractivity contribution in [3.63, 3.8) is 0 Å². The predicted molar refractivity (Wildman–Crippen MR) is 103 cm³/mol. The molecule has 0 radical (unpaired) electrons. The normalized spacial score (nSPS) is 34.3. The summed E-state index contributed by atoms with van der Waals surface area (Å²) >= 11 is 0. The Labute approximate surface area is 156 Å². The highest BCUT2D eigenvalue weighted by Gasteiger charge is 2.61. The lowest BCUT2D eigenvalue weighted by Gasteiger charge is -2.39. The molecule has 2 fully saturated rings. The lowest BCUT2D eigenvalue weighted by molar-refractivity contribution is -0.124. The van der Waals surface area contributed by atoms with Crippen molar-refractivity contribution in [1.82, 2.24) is 5.32 Å². The topological polar surface area (TPSA) is 58.2 Å². The highest BCUT2D eigenvalue weighted by atomic mass is 16.2. The lowest BCUT2D eigenvalue weighted by Crippen LogP contribution is -2.47. The summed E-state index contributed by atoms with van der Waals surface area (Å²) in [5.41, 5.74) is 2.59. The molecule has 4 atom stereocenters. The van der Waals surface area contributed by atoms with Gasteiger partial charge in [0.2, 0.25) is 11.8 Å². The molecule has 4 heteroatoms. The van der Waals surface area contributed by atoms with Crippen molar-refractivity contribution in [1.29, 1.82) is 0 Å². The molecule has 0 aromatic heterocycles. The van der Waals surface area contributed by atoms with E-state index < -0.39 is 0 Å². The molecule has 26 heavy (non-hydrogen) atoms. The van der Waals surface area contributed by atoms with Crippen molar-refractivity contribution in [2.45, 2.75) is 65.3 Å². The summed E-state index contributed by atoms with van der Waals surface area (Å²) in [5, 5.41) is 6.28. The average Bonchev–Trinajstić information content (AvgIpc) is 2.93. The van der Waals surface area contributed by atoms with Crippen molar-refractivity contribution in [3.05, 3.63) is 29.8 Å². The molecule has 1 aromatic carbocycles. The van der Waals surface area contributed by atoms with Crippen LogP contribution in [0.25, 0.3) is 0 Å². The monoisotopic (exact) mass is 354 g/mol. The third-order valence-electron chi connectivity index (χ3n) is 7.96. The second-order valence-electron chi connectivity index (χ2n) is 9.32. The van der Waals surface area contributed by atoms with E-state index in [1.54, 1.807) is 0 Å². The number of fused-ring (bicyclic) bond motifs is 3. The van der Waals surface area contributed by atoms with Crippen molar-refractivity contribution >= 4 is 17.5 Å². The molecule has 2 bridgehead atoms. The fourth-order valence-corrected chi connectivity index (χ4v) is 5.64. The first-order valence-electron chi connectivity index (χ1n) is 9.99. The van der Waals surface area contributed by atoms with E-state index in [9.17, 15) is 9.59 Å². The molecule has 2 amide bonds. The summed E-state index contributed by atoms with van der Waals surface area (Å²) in [6.45, 7) is 7.07. The largest absolute Gasteiger partial charge is 0.353 e. The van der Waals surface area contributed by atoms with Crippen LogP contribution in [0.5, 0.6) is 0 Å². The van der Waals surface area contributed by atoms with Crippen LogP contribution in [-0.4, -0.2) is 17.9 Å². The Bertz CT molecular complexity index is 741. The molecule has 2 saturated carbocycles. The van der Waals surface area contributed by atoms with E-state index in [1.165, 1.54) is 18.4 Å². The fraction of sp³-hybridized carbons (Fsp3) is 0.636. The summed E-state index contributed by atoms with van der Waals surface area (Å²) in [5.74, 6) is 0.761. The number of anilines is 1. The fourth-order valence-electron chi connectivity index (χ4n) is 5.64. The predicted octanol–water partition coefficient (Wildman–Crippen LogP) is 3.91. The van der Waals surface area contributed by atoms with Gasteiger partial charge >= 0.3 is 0 Å². The zero-order chi connectivity index (χ0) is 18.5. The number of rotatable bonds is 4. The number of hydrogen-bond acceptors (Lipinski definition) is 2. The SMILES string of the molecule is CC1(C)C2CCC1(C)C(NC(=O)CCC1Cc3ccccc3NC1=O)C2. The van der Waals surface area contributed by atoms with Crippen LogP contribution in [0, 0.1) is 22.7 Å². The zero-order valence-corrected chi connectivity index (χ0v) is 16.1. The van der Waals surface area contributed by atoms with Crippen LogP contribution in [-0.2, 0) is 16.0 Å². The van der Waals surface area contributed by atoms with E-state index >= 15 is 0 Å². The minimum atomic E-state index is -0.109. The Morgan fingerprint density at radius 2 is 2.04 bits per heavy atom. The maximum atomic E-state index is 12.6. The van der Waals surface area contributed by atoms with Crippen LogP contribution >= 0.6 is 0 Å². The maximum absolute atomic E-state index is 12.6. The molecule has 4 unspecified atom stereocenters. The molecule has 2 N–H and O–H groups in total. The lowest BCUT2D eigenvalue weighted by atomic mass is 9.69. The second kappa shape index (κ2) is 6.11. The van der Waals surface area contributed by atoms with Gasteiger partial charge in [0.15, 0.2) is 0 Å². The molecule has 1 aromatic rings. The van der Waals surface area contributed by atoms with Gasteiger partial charge in [-0.2, -0.15) is 0 Å². The molecule has 2 aliphatic carbocycles. The molecular weight excluding hydrogens is 324 g/mol. The molecule has 140 valence electrons. The van der Waals surface area contributed by atoms with E-state index in [1.807, 2.05) is 18.2 Å². The number of carbonyl (C=O) groups excluding carboxylic acids is 2. The van der Waals surface area contributed by atoms with E-state index in [2.05, 4.69) is 37.5 Å². The van der Waals surface area contributed by atoms with Gasteiger partial charge in [0.1, 0.15) is 0 Å². The van der Waals surface area contributed by atoms with Crippen LogP contribution < -0.4 is 10.6 Å². The van der Waals surface area contributed by atoms with Gasteiger partial charge in [-0.05, 0) is 60.5 Å². The highest BCUT2D eigenvalue weighted by molar-refractivity contribution is 5.96. The second-order valence-corrected chi connectivity index (χ2v) is 9.32. The van der Waals surface area contributed by atoms with Gasteiger partial charge in [0.05, 0.1) is 0 Å². The van der Waals surface area contributed by atoms with Gasteiger partial charge in [-0.1, -0.05) is 39.0 Å². The standard InChI is InChI=1S/C22H30N2O2/c1-21(2)16-10-11-22(21,3)18(13-16)24-19(25)9-8-15-12-14-6-4-5-7-17(14)23-20(15)26/h4-7,15-16,18H,8-13H2,1-3H3,(H,23,26)(H,24,25). The summed E-state index contributed by atoms with van der Waals surface area (Å²) in [4.78, 5) is 24.9. The maximum Gasteiger partial charge on any atom is 0.227 e. The first-order valence-corrected chi connectivity index (χ1v) is 9.99. The average molecular weight is 354 g/mol. The third-order valence-corrected chi connectivity index (χ3v) is 7.96. The van der Waals surface area contributed by atoms with Crippen molar-refractivity contribution in [2.24, 2.45) is 22.7 Å². The van der Waals surface area contributed by atoms with Gasteiger partial charge in [-0.25, -0.2) is 0 Å². The molecule has 4 rings (SSSR count). The third kappa shape index (κ3) is 2.65. The molecule has 4 nitrogen and oxygen atoms in total. The first kappa shape index (κ1) is 17.6. The van der Waals surface area contributed by atoms with E-state index in [4.69, 9.17) is 0 Å². The number of hydrogen-bond donors (Lipinski definition) is 2. The molecular formula is C22H30N2O2. The Morgan fingerprint density at radius 3 is 2.73 bits per heavy atom. The molecule has 0 spiro atoms. The number of carbonyl (C=O) groups is 2. The molecule has 1 aliphatic heterocycles. The quantitative estimate of drug-likeness (QED) is 0.861. The van der Waals surface area contributed by atoms with Crippen LogP contribution in [0.2, 0.25) is 0 Å². The van der Waals surface area contributed by atoms with Gasteiger partial charge in [0, 0.05) is 24.1 Å². The van der Waals surface area contributed by atoms with Gasteiger partial charge in [-0.3, -0.25) is 9.59 Å². The van der Waals surface area contributed by atoms with Crippen molar-refractivity contribution < 1.29 is 9.59 Å².